The number of likely N-dealkylation sites (tertiary alicyclic amines) is 1. The van der Waals surface area contributed by atoms with E-state index >= 15 is 0 Å². The number of hydrogen-bond acceptors (Lipinski definition) is 3. The van der Waals surface area contributed by atoms with Gasteiger partial charge in [-0.15, -0.1) is 0 Å². The lowest BCUT2D eigenvalue weighted by Crippen LogP contribution is -2.33. The Hall–Kier alpha value is -1.39. The summed E-state index contributed by atoms with van der Waals surface area (Å²) >= 11 is 0. The average molecular weight is 248 g/mol. The summed E-state index contributed by atoms with van der Waals surface area (Å²) in [5.74, 6) is -0.861. The van der Waals surface area contributed by atoms with Gasteiger partial charge in [-0.1, -0.05) is 12.1 Å². The van der Waals surface area contributed by atoms with E-state index in [0.717, 1.165) is 25.2 Å². The van der Waals surface area contributed by atoms with E-state index in [2.05, 4.69) is 23.9 Å². The number of carboxylic acids is 1. The molecule has 1 aromatic carbocycles. The number of nitrogens with zero attached hydrogens (tertiary/aromatic N) is 2. The predicted octanol–water partition coefficient (Wildman–Crippen LogP) is 1.52. The number of likely N-dealkylation sites (N-methyl/N-ethyl adjacent to an activating group) is 2. The summed E-state index contributed by atoms with van der Waals surface area (Å²) < 4.78 is 0. The lowest BCUT2D eigenvalue weighted by atomic mass is 10.1. The third-order valence-corrected chi connectivity index (χ3v) is 3.60. The highest BCUT2D eigenvalue weighted by atomic mass is 16.4. The fourth-order valence-corrected chi connectivity index (χ4v) is 2.49. The lowest BCUT2D eigenvalue weighted by Gasteiger charge is -2.24. The quantitative estimate of drug-likeness (QED) is 0.877. The van der Waals surface area contributed by atoms with E-state index in [4.69, 9.17) is 5.11 Å². The smallest absolute Gasteiger partial charge is 0.335 e. The minimum absolute atomic E-state index is 0.365. The van der Waals surface area contributed by atoms with Crippen LogP contribution in [0, 0.1) is 0 Å². The Kier molecular flexibility index (Phi) is 3.99. The molecule has 4 heteroatoms. The van der Waals surface area contributed by atoms with Crippen LogP contribution in [0.15, 0.2) is 24.3 Å². The third kappa shape index (κ3) is 3.09. The molecule has 1 heterocycles. The highest BCUT2D eigenvalue weighted by Gasteiger charge is 2.23. The molecule has 0 saturated carbocycles. The van der Waals surface area contributed by atoms with Crippen molar-refractivity contribution in [1.29, 1.82) is 0 Å². The van der Waals surface area contributed by atoms with E-state index in [9.17, 15) is 4.79 Å². The van der Waals surface area contributed by atoms with Crippen molar-refractivity contribution in [3.05, 3.63) is 35.4 Å². The second-order valence-corrected chi connectivity index (χ2v) is 5.13. The van der Waals surface area contributed by atoms with E-state index < -0.39 is 5.97 Å². The van der Waals surface area contributed by atoms with Gasteiger partial charge in [0.2, 0.25) is 0 Å². The molecule has 0 bridgehead atoms. The van der Waals surface area contributed by atoms with Gasteiger partial charge in [-0.2, -0.15) is 0 Å². The van der Waals surface area contributed by atoms with E-state index in [1.165, 1.54) is 6.42 Å². The molecule has 1 aliphatic heterocycles. The van der Waals surface area contributed by atoms with Gasteiger partial charge in [0.15, 0.2) is 0 Å². The summed E-state index contributed by atoms with van der Waals surface area (Å²) in [5.41, 5.74) is 1.43. The summed E-state index contributed by atoms with van der Waals surface area (Å²) in [4.78, 5) is 15.6. The molecule has 98 valence electrons. The SMILES string of the molecule is CN1CC[C@H](N(C)Cc2cccc(C(=O)O)c2)C1. The Morgan fingerprint density at radius 1 is 1.56 bits per heavy atom. The van der Waals surface area contributed by atoms with Crippen molar-refractivity contribution in [1.82, 2.24) is 9.80 Å². The molecule has 0 aromatic heterocycles. The number of carboxylic acid groups (broad SMARTS) is 1. The summed E-state index contributed by atoms with van der Waals surface area (Å²) in [7, 11) is 4.25. The van der Waals surface area contributed by atoms with Crippen molar-refractivity contribution in [2.75, 3.05) is 27.2 Å². The van der Waals surface area contributed by atoms with Crippen molar-refractivity contribution in [2.45, 2.75) is 19.0 Å². The van der Waals surface area contributed by atoms with E-state index in [0.29, 0.717) is 11.6 Å². The summed E-state index contributed by atoms with van der Waals surface area (Å²) in [5, 5.41) is 8.97. The Bertz CT molecular complexity index is 434. The average Bonchev–Trinajstić information content (AvgIpc) is 2.76. The van der Waals surface area contributed by atoms with Gasteiger partial charge in [-0.25, -0.2) is 4.79 Å². The zero-order chi connectivity index (χ0) is 13.1. The number of aromatic carboxylic acids is 1. The van der Waals surface area contributed by atoms with Crippen molar-refractivity contribution in [3.63, 3.8) is 0 Å². The molecule has 1 N–H and O–H groups in total. The Morgan fingerprint density at radius 2 is 2.33 bits per heavy atom. The van der Waals surface area contributed by atoms with Crippen LogP contribution in [0.25, 0.3) is 0 Å². The van der Waals surface area contributed by atoms with Gasteiger partial charge in [0.05, 0.1) is 5.56 Å². The van der Waals surface area contributed by atoms with Crippen molar-refractivity contribution < 1.29 is 9.90 Å². The largest absolute Gasteiger partial charge is 0.478 e. The van der Waals surface area contributed by atoms with Crippen LogP contribution in [0.3, 0.4) is 0 Å². The first kappa shape index (κ1) is 13.1. The number of benzene rings is 1. The molecule has 0 aliphatic carbocycles. The second kappa shape index (κ2) is 5.50. The van der Waals surface area contributed by atoms with Gasteiger partial charge >= 0.3 is 5.97 Å². The molecular formula is C14H20N2O2. The molecule has 0 spiro atoms. The number of hydrogen-bond donors (Lipinski definition) is 1. The van der Waals surface area contributed by atoms with Crippen molar-refractivity contribution >= 4 is 5.97 Å². The maximum Gasteiger partial charge on any atom is 0.335 e. The van der Waals surface area contributed by atoms with Crippen LogP contribution in [0.4, 0.5) is 0 Å². The van der Waals surface area contributed by atoms with Crippen LogP contribution in [-0.4, -0.2) is 54.1 Å². The monoisotopic (exact) mass is 248 g/mol. The fraction of sp³-hybridized carbons (Fsp3) is 0.500. The molecule has 1 aromatic rings. The van der Waals surface area contributed by atoms with Crippen molar-refractivity contribution in [3.8, 4) is 0 Å². The zero-order valence-electron chi connectivity index (χ0n) is 11.0. The normalized spacial score (nSPS) is 20.5. The Morgan fingerprint density at radius 3 is 2.94 bits per heavy atom. The molecule has 1 aliphatic rings. The lowest BCUT2D eigenvalue weighted by molar-refractivity contribution is 0.0696. The van der Waals surface area contributed by atoms with E-state index in [1.54, 1.807) is 12.1 Å². The fourth-order valence-electron chi connectivity index (χ4n) is 2.49. The molecule has 4 nitrogen and oxygen atoms in total. The minimum atomic E-state index is -0.861. The van der Waals surface area contributed by atoms with Gasteiger partial charge in [0.1, 0.15) is 0 Å². The highest BCUT2D eigenvalue weighted by Crippen LogP contribution is 2.16. The summed E-state index contributed by atoms with van der Waals surface area (Å²) in [6.07, 6.45) is 1.19. The van der Waals surface area contributed by atoms with Crippen LogP contribution in [-0.2, 0) is 6.54 Å². The van der Waals surface area contributed by atoms with Crippen molar-refractivity contribution in [2.24, 2.45) is 0 Å². The summed E-state index contributed by atoms with van der Waals surface area (Å²) in [6.45, 7) is 3.04. The number of rotatable bonds is 4. The first-order chi connectivity index (χ1) is 8.56. The van der Waals surface area contributed by atoms with Crippen LogP contribution in [0.2, 0.25) is 0 Å². The molecule has 0 unspecified atom stereocenters. The third-order valence-electron chi connectivity index (χ3n) is 3.60. The van der Waals surface area contributed by atoms with Crippen LogP contribution < -0.4 is 0 Å². The van der Waals surface area contributed by atoms with E-state index in [1.807, 2.05) is 12.1 Å². The maximum absolute atomic E-state index is 10.9. The topological polar surface area (TPSA) is 43.8 Å². The molecule has 1 fully saturated rings. The first-order valence-electron chi connectivity index (χ1n) is 6.27. The van der Waals surface area contributed by atoms with Gasteiger partial charge < -0.3 is 10.0 Å². The highest BCUT2D eigenvalue weighted by molar-refractivity contribution is 5.87. The van der Waals surface area contributed by atoms with Crippen LogP contribution in [0.1, 0.15) is 22.3 Å². The van der Waals surface area contributed by atoms with E-state index in [-0.39, 0.29) is 0 Å². The molecular weight excluding hydrogens is 228 g/mol. The predicted molar refractivity (Wildman–Crippen MR) is 70.8 cm³/mol. The molecule has 0 radical (unpaired) electrons. The van der Waals surface area contributed by atoms with Crippen LogP contribution >= 0.6 is 0 Å². The van der Waals surface area contributed by atoms with Gasteiger partial charge in [0, 0.05) is 19.1 Å². The second-order valence-electron chi connectivity index (χ2n) is 5.13. The maximum atomic E-state index is 10.9. The summed E-state index contributed by atoms with van der Waals surface area (Å²) in [6, 6.07) is 7.77. The minimum Gasteiger partial charge on any atom is -0.478 e. The van der Waals surface area contributed by atoms with Gasteiger partial charge in [-0.05, 0) is 44.8 Å². The Balaban J connectivity index is 2.00. The Labute approximate surface area is 108 Å². The molecule has 1 saturated heterocycles. The van der Waals surface area contributed by atoms with Gasteiger partial charge in [-0.3, -0.25) is 4.90 Å². The first-order valence-corrected chi connectivity index (χ1v) is 6.27. The molecule has 18 heavy (non-hydrogen) atoms. The zero-order valence-corrected chi connectivity index (χ0v) is 11.0. The number of carbonyl (C=O) groups is 1. The molecule has 1 atom stereocenters. The molecule has 0 amide bonds. The van der Waals surface area contributed by atoms with Gasteiger partial charge in [0.25, 0.3) is 0 Å². The molecule has 2 rings (SSSR count). The van der Waals surface area contributed by atoms with Crippen LogP contribution in [0.5, 0.6) is 0 Å². The standard InChI is InChI=1S/C14H20N2O2/c1-15-7-6-13(10-15)16(2)9-11-4-3-5-12(8-11)14(17)18/h3-5,8,13H,6-7,9-10H2,1-2H3,(H,17,18)/t13-/m0/s1.